The van der Waals surface area contributed by atoms with E-state index in [-0.39, 0.29) is 10.8 Å². The quantitative estimate of drug-likeness (QED) is 0.522. The topological polar surface area (TPSA) is 58.6 Å². The Kier molecular flexibility index (Phi) is 6.20. The first-order valence-corrected chi connectivity index (χ1v) is 10.9. The van der Waals surface area contributed by atoms with Gasteiger partial charge in [-0.15, -0.1) is 0 Å². The number of methoxy groups -OCH3 is 1. The number of carbonyl (C=O) groups excluding carboxylic acids is 1. The highest BCUT2D eigenvalue weighted by Crippen LogP contribution is 2.57. The molecule has 5 atom stereocenters. The van der Waals surface area contributed by atoms with E-state index in [1.165, 1.54) is 12.0 Å². The van der Waals surface area contributed by atoms with Crippen LogP contribution in [0.1, 0.15) is 72.1 Å². The summed E-state index contributed by atoms with van der Waals surface area (Å²) in [6.45, 7) is 8.87. The van der Waals surface area contributed by atoms with Gasteiger partial charge in [0.05, 0.1) is 12.2 Å². The van der Waals surface area contributed by atoms with Crippen molar-refractivity contribution in [3.8, 4) is 0 Å². The molecule has 2 fully saturated rings. The van der Waals surface area contributed by atoms with E-state index >= 15 is 0 Å². The van der Waals surface area contributed by atoms with Gasteiger partial charge in [0.15, 0.2) is 0 Å². The second-order valence-electron chi connectivity index (χ2n) is 9.90. The Morgan fingerprint density at radius 1 is 1.33 bits per heavy atom. The molecule has 0 heterocycles. The van der Waals surface area contributed by atoms with Crippen molar-refractivity contribution in [3.63, 3.8) is 0 Å². The average Bonchev–Trinajstić information content (AvgIpc) is 2.95. The Labute approximate surface area is 165 Å². The summed E-state index contributed by atoms with van der Waals surface area (Å²) in [6.07, 6.45) is 10.2. The molecule has 2 saturated carbocycles. The molecule has 3 rings (SSSR count). The Hall–Kier alpha value is -0.710. The molecule has 3 aliphatic carbocycles. The van der Waals surface area contributed by atoms with Crippen molar-refractivity contribution in [2.75, 3.05) is 26.8 Å². The van der Waals surface area contributed by atoms with E-state index in [2.05, 4.69) is 32.2 Å². The lowest BCUT2D eigenvalue weighted by molar-refractivity contribution is -0.127. The molecule has 3 aliphatic rings. The summed E-state index contributed by atoms with van der Waals surface area (Å²) in [5.41, 5.74) is 0.894. The monoisotopic (exact) mass is 377 g/mol. The van der Waals surface area contributed by atoms with Crippen LogP contribution in [-0.4, -0.2) is 43.3 Å². The van der Waals surface area contributed by atoms with Gasteiger partial charge in [-0.2, -0.15) is 0 Å². The lowest BCUT2D eigenvalue weighted by Crippen LogP contribution is -2.48. The van der Waals surface area contributed by atoms with E-state index in [1.807, 2.05) is 0 Å². The smallest absolute Gasteiger partial charge is 0.139 e. The maximum atomic E-state index is 12.5. The molecule has 154 valence electrons. The summed E-state index contributed by atoms with van der Waals surface area (Å²) in [5.74, 6) is 1.62. The van der Waals surface area contributed by atoms with Crippen molar-refractivity contribution < 1.29 is 14.6 Å². The van der Waals surface area contributed by atoms with Gasteiger partial charge < -0.3 is 15.2 Å². The number of fused-ring (bicyclic) bond motifs is 1. The summed E-state index contributed by atoms with van der Waals surface area (Å²) >= 11 is 0. The molecule has 4 heteroatoms. The minimum absolute atomic E-state index is 0.118. The summed E-state index contributed by atoms with van der Waals surface area (Å²) in [7, 11) is 1.70. The summed E-state index contributed by atoms with van der Waals surface area (Å²) < 4.78 is 5.08. The van der Waals surface area contributed by atoms with Crippen LogP contribution in [0.15, 0.2) is 11.6 Å². The Bertz CT molecular complexity index is 588. The molecule has 0 aromatic heterocycles. The highest BCUT2D eigenvalue weighted by molar-refractivity contribution is 5.86. The molecule has 5 unspecified atom stereocenters. The molecule has 0 bridgehead atoms. The lowest BCUT2D eigenvalue weighted by Gasteiger charge is -2.50. The van der Waals surface area contributed by atoms with Gasteiger partial charge in [-0.1, -0.05) is 32.4 Å². The van der Waals surface area contributed by atoms with Gasteiger partial charge in [0, 0.05) is 32.0 Å². The summed E-state index contributed by atoms with van der Waals surface area (Å²) in [4.78, 5) is 12.5. The summed E-state index contributed by atoms with van der Waals surface area (Å²) in [6, 6.07) is 0. The third-order valence-corrected chi connectivity index (χ3v) is 8.19. The molecule has 2 N–H and O–H groups in total. The van der Waals surface area contributed by atoms with E-state index in [9.17, 15) is 9.90 Å². The van der Waals surface area contributed by atoms with E-state index in [4.69, 9.17) is 4.74 Å². The second kappa shape index (κ2) is 7.96. The molecule has 0 spiro atoms. The van der Waals surface area contributed by atoms with Crippen molar-refractivity contribution in [2.24, 2.45) is 22.7 Å². The van der Waals surface area contributed by atoms with Gasteiger partial charge in [0.25, 0.3) is 0 Å². The first-order chi connectivity index (χ1) is 12.8. The summed E-state index contributed by atoms with van der Waals surface area (Å²) in [5, 5.41) is 14.4. The third kappa shape index (κ3) is 4.04. The number of nitrogens with one attached hydrogen (secondary N) is 1. The number of ether oxygens (including phenoxy) is 1. The van der Waals surface area contributed by atoms with Gasteiger partial charge in [-0.05, 0) is 62.2 Å². The highest BCUT2D eigenvalue weighted by Gasteiger charge is 2.51. The zero-order valence-electron chi connectivity index (χ0n) is 17.8. The van der Waals surface area contributed by atoms with Gasteiger partial charge in [0.1, 0.15) is 5.78 Å². The van der Waals surface area contributed by atoms with Gasteiger partial charge in [-0.25, -0.2) is 0 Å². The predicted molar refractivity (Wildman–Crippen MR) is 109 cm³/mol. The number of carbonyl (C=O) groups is 1. The van der Waals surface area contributed by atoms with Crippen LogP contribution in [0.3, 0.4) is 0 Å². The molecule has 27 heavy (non-hydrogen) atoms. The first-order valence-electron chi connectivity index (χ1n) is 10.9. The van der Waals surface area contributed by atoms with Crippen molar-refractivity contribution in [1.82, 2.24) is 5.32 Å². The maximum Gasteiger partial charge on any atom is 0.139 e. The molecular weight excluding hydrogens is 338 g/mol. The molecular formula is C23H39NO3. The van der Waals surface area contributed by atoms with Crippen molar-refractivity contribution in [3.05, 3.63) is 11.6 Å². The van der Waals surface area contributed by atoms with Crippen LogP contribution in [0.4, 0.5) is 0 Å². The fraction of sp³-hybridized carbons (Fsp3) is 0.870. The zero-order valence-corrected chi connectivity index (χ0v) is 17.8. The average molecular weight is 378 g/mol. The fourth-order valence-electron chi connectivity index (χ4n) is 6.10. The van der Waals surface area contributed by atoms with Crippen LogP contribution < -0.4 is 5.32 Å². The predicted octanol–water partition coefficient (Wildman–Crippen LogP) is 3.88. The second-order valence-corrected chi connectivity index (χ2v) is 9.90. The highest BCUT2D eigenvalue weighted by atomic mass is 16.5. The van der Waals surface area contributed by atoms with E-state index in [0.717, 1.165) is 51.5 Å². The number of ketones is 1. The number of hydrogen-bond acceptors (Lipinski definition) is 4. The Balaban J connectivity index is 1.67. The van der Waals surface area contributed by atoms with Gasteiger partial charge >= 0.3 is 0 Å². The van der Waals surface area contributed by atoms with Crippen LogP contribution in [0.5, 0.6) is 0 Å². The number of rotatable bonds is 7. The number of allylic oxidation sites excluding steroid dienone is 1. The van der Waals surface area contributed by atoms with Crippen molar-refractivity contribution >= 4 is 5.78 Å². The molecule has 0 amide bonds. The largest absolute Gasteiger partial charge is 0.388 e. The van der Waals surface area contributed by atoms with Crippen LogP contribution in [0.25, 0.3) is 0 Å². The van der Waals surface area contributed by atoms with E-state index in [0.29, 0.717) is 30.8 Å². The van der Waals surface area contributed by atoms with Gasteiger partial charge in [-0.3, -0.25) is 4.79 Å². The Morgan fingerprint density at radius 2 is 2.11 bits per heavy atom. The van der Waals surface area contributed by atoms with E-state index < -0.39 is 5.60 Å². The maximum absolute atomic E-state index is 12.5. The zero-order chi connectivity index (χ0) is 19.7. The van der Waals surface area contributed by atoms with Crippen molar-refractivity contribution in [2.45, 2.75) is 77.7 Å². The number of aliphatic hydroxyl groups is 1. The molecule has 0 radical (unpaired) electrons. The van der Waals surface area contributed by atoms with E-state index in [1.54, 1.807) is 7.11 Å². The molecule has 4 nitrogen and oxygen atoms in total. The number of Topliss-reactive ketones (excluding diaryl/α,β-unsaturated/α-hetero) is 1. The Morgan fingerprint density at radius 3 is 2.81 bits per heavy atom. The minimum Gasteiger partial charge on any atom is -0.388 e. The normalized spacial score (nSPS) is 42.1. The fourth-order valence-corrected chi connectivity index (χ4v) is 6.10. The first kappa shape index (κ1) is 21.0. The van der Waals surface area contributed by atoms with Crippen molar-refractivity contribution in [1.29, 1.82) is 0 Å². The van der Waals surface area contributed by atoms with Gasteiger partial charge in [0.2, 0.25) is 0 Å². The molecule has 0 aromatic carbocycles. The minimum atomic E-state index is -0.632. The SMILES string of the molecule is CCC1(C)C(=O)CCC1C1CC=C2CC(O)(CNCCOC)CCC2(C)C1. The number of hydrogen-bond donors (Lipinski definition) is 2. The standard InChI is InChI=1S/C23H39NO3/c1-5-22(3)19(8-9-20(22)25)17-6-7-18-15-23(26,16-24-12-13-27-4)11-10-21(18,2)14-17/h7,17,19,24,26H,5-6,8-16H2,1-4H3. The van der Waals surface area contributed by atoms with Crippen LogP contribution in [0, 0.1) is 22.7 Å². The molecule has 0 saturated heterocycles. The van der Waals surface area contributed by atoms with Crippen LogP contribution in [-0.2, 0) is 9.53 Å². The third-order valence-electron chi connectivity index (χ3n) is 8.19. The molecule has 0 aromatic rings. The lowest BCUT2D eigenvalue weighted by atomic mass is 9.56. The van der Waals surface area contributed by atoms with Crippen LogP contribution >= 0.6 is 0 Å². The van der Waals surface area contributed by atoms with Crippen LogP contribution in [0.2, 0.25) is 0 Å². The molecule has 0 aliphatic heterocycles.